The Balaban J connectivity index is 2.19. The molecule has 1 rings (SSSR count). The predicted molar refractivity (Wildman–Crippen MR) is 121 cm³/mol. The molecule has 0 fully saturated rings. The first kappa shape index (κ1) is 25.4. The Kier molecular flexibility index (Phi) is 13.3. The lowest BCUT2D eigenvalue weighted by molar-refractivity contribution is -0.148. The van der Waals surface area contributed by atoms with E-state index in [9.17, 15) is 14.7 Å². The van der Waals surface area contributed by atoms with Crippen LogP contribution in [0.15, 0.2) is 30.3 Å². The highest BCUT2D eigenvalue weighted by molar-refractivity contribution is 6.07. The van der Waals surface area contributed by atoms with Gasteiger partial charge in [0.25, 0.3) is 0 Å². The molecule has 29 heavy (non-hydrogen) atoms. The van der Waals surface area contributed by atoms with Gasteiger partial charge in [0, 0.05) is 0 Å². The normalized spacial score (nSPS) is 13.2. The van der Waals surface area contributed by atoms with Crippen LogP contribution in [0.25, 0.3) is 0 Å². The van der Waals surface area contributed by atoms with Gasteiger partial charge in [-0.2, -0.15) is 0 Å². The standard InChI is InChI=1S/C26H42O3/c1-3-4-5-6-7-8-9-10-11-12-13-14-15-19-22-26(23(2)27,25(28)29)24-20-17-16-18-21-24/h16-18,20-21H,3-15,19,22H2,1-2H3,(H,28,29). The Bertz CT molecular complexity index is 551. The number of unbranched alkanes of at least 4 members (excludes halogenated alkanes) is 13. The van der Waals surface area contributed by atoms with Crippen molar-refractivity contribution in [1.82, 2.24) is 0 Å². The van der Waals surface area contributed by atoms with Gasteiger partial charge < -0.3 is 5.11 Å². The molecule has 0 saturated carbocycles. The van der Waals surface area contributed by atoms with Crippen molar-refractivity contribution in [1.29, 1.82) is 0 Å². The van der Waals surface area contributed by atoms with Gasteiger partial charge in [0.05, 0.1) is 0 Å². The van der Waals surface area contributed by atoms with Crippen LogP contribution >= 0.6 is 0 Å². The summed E-state index contributed by atoms with van der Waals surface area (Å²) in [6, 6.07) is 8.99. The molecule has 1 aromatic rings. The molecule has 0 aliphatic carbocycles. The number of ketones is 1. The average Bonchev–Trinajstić information content (AvgIpc) is 2.71. The first-order valence-corrected chi connectivity index (χ1v) is 11.9. The highest BCUT2D eigenvalue weighted by atomic mass is 16.4. The van der Waals surface area contributed by atoms with E-state index in [1.165, 1.54) is 77.6 Å². The Morgan fingerprint density at radius 2 is 1.14 bits per heavy atom. The second kappa shape index (κ2) is 15.2. The van der Waals surface area contributed by atoms with Crippen molar-refractivity contribution in [2.45, 2.75) is 116 Å². The van der Waals surface area contributed by atoms with Crippen LogP contribution in [-0.2, 0) is 15.0 Å². The molecule has 0 saturated heterocycles. The van der Waals surface area contributed by atoms with Gasteiger partial charge in [-0.15, -0.1) is 0 Å². The number of hydrogen-bond donors (Lipinski definition) is 1. The third-order valence-corrected chi connectivity index (χ3v) is 6.14. The van der Waals surface area contributed by atoms with Crippen LogP contribution < -0.4 is 0 Å². The van der Waals surface area contributed by atoms with Gasteiger partial charge in [0.1, 0.15) is 0 Å². The Hall–Kier alpha value is -1.64. The quantitative estimate of drug-likeness (QED) is 0.205. The summed E-state index contributed by atoms with van der Waals surface area (Å²) in [6.45, 7) is 3.67. The molecule has 0 spiro atoms. The summed E-state index contributed by atoms with van der Waals surface area (Å²) in [5, 5.41) is 9.83. The maximum Gasteiger partial charge on any atom is 0.321 e. The summed E-state index contributed by atoms with van der Waals surface area (Å²) in [6.07, 6.45) is 18.0. The average molecular weight is 403 g/mol. The second-order valence-corrected chi connectivity index (χ2v) is 8.48. The third kappa shape index (κ3) is 9.14. The molecule has 1 unspecified atom stereocenters. The summed E-state index contributed by atoms with van der Waals surface area (Å²) in [5.41, 5.74) is -0.784. The van der Waals surface area contributed by atoms with Gasteiger partial charge in [-0.1, -0.05) is 127 Å². The fourth-order valence-electron chi connectivity index (χ4n) is 4.21. The predicted octanol–water partition coefficient (Wildman–Crippen LogP) is 7.47. The molecule has 1 N–H and O–H groups in total. The van der Waals surface area contributed by atoms with Gasteiger partial charge in [-0.25, -0.2) is 0 Å². The molecule has 3 nitrogen and oxygen atoms in total. The van der Waals surface area contributed by atoms with Crippen LogP contribution in [-0.4, -0.2) is 16.9 Å². The largest absolute Gasteiger partial charge is 0.480 e. The number of carbonyl (C=O) groups is 2. The van der Waals surface area contributed by atoms with E-state index in [1.54, 1.807) is 24.3 Å². The van der Waals surface area contributed by atoms with Gasteiger partial charge in [-0.05, 0) is 18.9 Å². The molecule has 1 aromatic carbocycles. The van der Waals surface area contributed by atoms with E-state index in [-0.39, 0.29) is 5.78 Å². The molecule has 0 aliphatic rings. The topological polar surface area (TPSA) is 54.4 Å². The first-order chi connectivity index (χ1) is 14.1. The van der Waals surface area contributed by atoms with Crippen molar-refractivity contribution < 1.29 is 14.7 Å². The maximum atomic E-state index is 12.3. The number of hydrogen-bond acceptors (Lipinski definition) is 2. The Morgan fingerprint density at radius 3 is 1.52 bits per heavy atom. The fourth-order valence-corrected chi connectivity index (χ4v) is 4.21. The van der Waals surface area contributed by atoms with Crippen LogP contribution in [0.4, 0.5) is 0 Å². The lowest BCUT2D eigenvalue weighted by Crippen LogP contribution is -2.42. The number of aliphatic carboxylic acids is 1. The molecule has 1 atom stereocenters. The minimum absolute atomic E-state index is 0.272. The monoisotopic (exact) mass is 402 g/mol. The second-order valence-electron chi connectivity index (χ2n) is 8.48. The van der Waals surface area contributed by atoms with E-state index < -0.39 is 11.4 Å². The summed E-state index contributed by atoms with van der Waals surface area (Å²) in [5.74, 6) is -1.29. The molecular formula is C26H42O3. The van der Waals surface area contributed by atoms with E-state index in [4.69, 9.17) is 0 Å². The number of Topliss-reactive ketones (excluding diaryl/α,β-unsaturated/α-hetero) is 1. The summed E-state index contributed by atoms with van der Waals surface area (Å²) < 4.78 is 0. The van der Waals surface area contributed by atoms with Crippen LogP contribution in [0, 0.1) is 0 Å². The minimum Gasteiger partial charge on any atom is -0.480 e. The SMILES string of the molecule is CCCCCCCCCCCCCCCCC(C(C)=O)(C(=O)O)c1ccccc1. The number of carboxylic acids is 1. The number of rotatable bonds is 18. The lowest BCUT2D eigenvalue weighted by Gasteiger charge is -2.27. The maximum absolute atomic E-state index is 12.3. The zero-order chi connectivity index (χ0) is 21.4. The molecule has 3 heteroatoms. The number of carbonyl (C=O) groups excluding carboxylic acids is 1. The molecule has 0 heterocycles. The first-order valence-electron chi connectivity index (χ1n) is 11.9. The number of benzene rings is 1. The summed E-state index contributed by atoms with van der Waals surface area (Å²) >= 11 is 0. The molecule has 0 aromatic heterocycles. The lowest BCUT2D eigenvalue weighted by atomic mass is 9.73. The molecule has 0 bridgehead atoms. The highest BCUT2D eigenvalue weighted by Gasteiger charge is 2.44. The van der Waals surface area contributed by atoms with Crippen molar-refractivity contribution in [3.63, 3.8) is 0 Å². The van der Waals surface area contributed by atoms with Gasteiger partial charge >= 0.3 is 5.97 Å². The van der Waals surface area contributed by atoms with Crippen molar-refractivity contribution in [2.75, 3.05) is 0 Å². The Morgan fingerprint density at radius 1 is 0.724 bits per heavy atom. The van der Waals surface area contributed by atoms with Crippen molar-refractivity contribution in [3.05, 3.63) is 35.9 Å². The van der Waals surface area contributed by atoms with E-state index >= 15 is 0 Å². The van der Waals surface area contributed by atoms with E-state index in [0.29, 0.717) is 12.0 Å². The van der Waals surface area contributed by atoms with Crippen molar-refractivity contribution in [2.24, 2.45) is 0 Å². The summed E-state index contributed by atoms with van der Waals surface area (Å²) in [4.78, 5) is 24.3. The van der Waals surface area contributed by atoms with Crippen molar-refractivity contribution in [3.8, 4) is 0 Å². The van der Waals surface area contributed by atoms with Gasteiger partial charge in [0.15, 0.2) is 11.2 Å². The van der Waals surface area contributed by atoms with E-state index in [2.05, 4.69) is 6.92 Å². The number of carboxylic acid groups (broad SMARTS) is 1. The zero-order valence-electron chi connectivity index (χ0n) is 18.8. The zero-order valence-corrected chi connectivity index (χ0v) is 18.8. The van der Waals surface area contributed by atoms with E-state index in [1.807, 2.05) is 6.07 Å². The van der Waals surface area contributed by atoms with Crippen molar-refractivity contribution >= 4 is 11.8 Å². The smallest absolute Gasteiger partial charge is 0.321 e. The van der Waals surface area contributed by atoms with Crippen LogP contribution in [0.1, 0.15) is 116 Å². The van der Waals surface area contributed by atoms with Gasteiger partial charge in [-0.3, -0.25) is 9.59 Å². The summed E-state index contributed by atoms with van der Waals surface area (Å²) in [7, 11) is 0. The molecule has 0 radical (unpaired) electrons. The van der Waals surface area contributed by atoms with Crippen LogP contribution in [0.3, 0.4) is 0 Å². The van der Waals surface area contributed by atoms with Crippen LogP contribution in [0.5, 0.6) is 0 Å². The fraction of sp³-hybridized carbons (Fsp3) is 0.692. The molecule has 0 amide bonds. The Labute approximate surface area is 178 Å². The minimum atomic E-state index is -1.39. The molecular weight excluding hydrogens is 360 g/mol. The molecule has 0 aliphatic heterocycles. The van der Waals surface area contributed by atoms with Gasteiger partial charge in [0.2, 0.25) is 0 Å². The van der Waals surface area contributed by atoms with E-state index in [0.717, 1.165) is 19.3 Å². The third-order valence-electron chi connectivity index (χ3n) is 6.14. The highest BCUT2D eigenvalue weighted by Crippen LogP contribution is 2.32. The molecule has 164 valence electrons. The van der Waals surface area contributed by atoms with Crippen LogP contribution in [0.2, 0.25) is 0 Å².